The first kappa shape index (κ1) is 15.4. The molecular formula is C14H11Br2ClN2O. The number of anilines is 2. The third-order valence-corrected chi connectivity index (χ3v) is 3.83. The van der Waals surface area contributed by atoms with E-state index in [2.05, 4.69) is 42.5 Å². The Bertz CT molecular complexity index is 617. The summed E-state index contributed by atoms with van der Waals surface area (Å²) in [5.74, 6) is -0.133. The van der Waals surface area contributed by atoms with E-state index in [1.807, 2.05) is 36.4 Å². The van der Waals surface area contributed by atoms with E-state index >= 15 is 0 Å². The van der Waals surface area contributed by atoms with E-state index in [1.54, 1.807) is 6.07 Å². The van der Waals surface area contributed by atoms with E-state index in [0.29, 0.717) is 5.02 Å². The normalized spacial score (nSPS) is 10.2. The number of hydrogen-bond donors (Lipinski definition) is 2. The number of hydrogen-bond acceptors (Lipinski definition) is 2. The zero-order chi connectivity index (χ0) is 14.5. The SMILES string of the molecule is O=C(CNc1ccc(Br)cc1Cl)Nc1ccc(Br)cc1. The first-order chi connectivity index (χ1) is 9.54. The molecule has 0 unspecified atom stereocenters. The number of carbonyl (C=O) groups excluding carboxylic acids is 1. The van der Waals surface area contributed by atoms with Gasteiger partial charge in [-0.15, -0.1) is 0 Å². The summed E-state index contributed by atoms with van der Waals surface area (Å²) in [4.78, 5) is 11.8. The Morgan fingerprint density at radius 2 is 1.70 bits per heavy atom. The van der Waals surface area contributed by atoms with Gasteiger partial charge in [-0.25, -0.2) is 0 Å². The molecule has 2 rings (SSSR count). The molecule has 0 atom stereocenters. The monoisotopic (exact) mass is 416 g/mol. The quantitative estimate of drug-likeness (QED) is 0.740. The molecular weight excluding hydrogens is 407 g/mol. The minimum atomic E-state index is -0.133. The molecule has 2 aromatic rings. The van der Waals surface area contributed by atoms with Crippen LogP contribution < -0.4 is 10.6 Å². The third-order valence-electron chi connectivity index (χ3n) is 2.50. The Kier molecular flexibility index (Phi) is 5.46. The highest BCUT2D eigenvalue weighted by Crippen LogP contribution is 2.25. The number of amides is 1. The third kappa shape index (κ3) is 4.51. The van der Waals surface area contributed by atoms with Crippen LogP contribution in [0.25, 0.3) is 0 Å². The fourth-order valence-electron chi connectivity index (χ4n) is 1.55. The van der Waals surface area contributed by atoms with Gasteiger partial charge in [-0.2, -0.15) is 0 Å². The predicted octanol–water partition coefficient (Wildman–Crippen LogP) is 4.92. The molecule has 0 radical (unpaired) electrons. The lowest BCUT2D eigenvalue weighted by Gasteiger charge is -2.09. The second-order valence-electron chi connectivity index (χ2n) is 4.03. The van der Waals surface area contributed by atoms with Crippen molar-refractivity contribution in [2.24, 2.45) is 0 Å². The molecule has 0 saturated heterocycles. The average molecular weight is 419 g/mol. The van der Waals surface area contributed by atoms with Crippen molar-refractivity contribution in [3.05, 3.63) is 56.4 Å². The highest BCUT2D eigenvalue weighted by molar-refractivity contribution is 9.10. The van der Waals surface area contributed by atoms with Crippen molar-refractivity contribution < 1.29 is 4.79 Å². The van der Waals surface area contributed by atoms with Crippen LogP contribution in [0.15, 0.2) is 51.4 Å². The summed E-state index contributed by atoms with van der Waals surface area (Å²) in [6, 6.07) is 12.9. The Morgan fingerprint density at radius 1 is 1.05 bits per heavy atom. The maximum Gasteiger partial charge on any atom is 0.243 e. The van der Waals surface area contributed by atoms with Gasteiger partial charge in [0.2, 0.25) is 5.91 Å². The van der Waals surface area contributed by atoms with Crippen LogP contribution in [0.5, 0.6) is 0 Å². The van der Waals surface area contributed by atoms with E-state index in [-0.39, 0.29) is 12.5 Å². The van der Waals surface area contributed by atoms with Gasteiger partial charge in [-0.05, 0) is 42.5 Å². The molecule has 0 saturated carbocycles. The molecule has 1 amide bonds. The van der Waals surface area contributed by atoms with Crippen LogP contribution in [0, 0.1) is 0 Å². The molecule has 0 aliphatic carbocycles. The Hall–Kier alpha value is -1.04. The first-order valence-electron chi connectivity index (χ1n) is 5.79. The molecule has 0 aromatic heterocycles. The Balaban J connectivity index is 1.90. The number of halogens is 3. The number of carbonyl (C=O) groups is 1. The summed E-state index contributed by atoms with van der Waals surface area (Å²) >= 11 is 12.7. The van der Waals surface area contributed by atoms with Crippen LogP contribution >= 0.6 is 43.5 Å². The van der Waals surface area contributed by atoms with E-state index in [0.717, 1.165) is 20.3 Å². The number of rotatable bonds is 4. The van der Waals surface area contributed by atoms with E-state index in [4.69, 9.17) is 11.6 Å². The van der Waals surface area contributed by atoms with Gasteiger partial charge in [-0.3, -0.25) is 4.79 Å². The molecule has 3 nitrogen and oxygen atoms in total. The molecule has 2 N–H and O–H groups in total. The summed E-state index contributed by atoms with van der Waals surface area (Å²) in [5, 5.41) is 6.36. The van der Waals surface area contributed by atoms with Crippen LogP contribution in [0.4, 0.5) is 11.4 Å². The van der Waals surface area contributed by atoms with Crippen LogP contribution in [0.3, 0.4) is 0 Å². The van der Waals surface area contributed by atoms with Crippen molar-refractivity contribution in [3.63, 3.8) is 0 Å². The van der Waals surface area contributed by atoms with Gasteiger partial charge in [-0.1, -0.05) is 43.5 Å². The highest BCUT2D eigenvalue weighted by atomic mass is 79.9. The van der Waals surface area contributed by atoms with Crippen molar-refractivity contribution in [1.82, 2.24) is 0 Å². The summed E-state index contributed by atoms with van der Waals surface area (Å²) < 4.78 is 1.86. The van der Waals surface area contributed by atoms with Gasteiger partial charge < -0.3 is 10.6 Å². The van der Waals surface area contributed by atoms with E-state index < -0.39 is 0 Å². The highest BCUT2D eigenvalue weighted by Gasteiger charge is 2.05. The largest absolute Gasteiger partial charge is 0.375 e. The van der Waals surface area contributed by atoms with Crippen molar-refractivity contribution >= 4 is 60.7 Å². The summed E-state index contributed by atoms with van der Waals surface area (Å²) in [5.41, 5.74) is 1.47. The molecule has 0 spiro atoms. The molecule has 2 aromatic carbocycles. The summed E-state index contributed by atoms with van der Waals surface area (Å²) in [6.07, 6.45) is 0. The second kappa shape index (κ2) is 7.11. The molecule has 0 fully saturated rings. The van der Waals surface area contributed by atoms with Gasteiger partial charge >= 0.3 is 0 Å². The zero-order valence-electron chi connectivity index (χ0n) is 10.3. The first-order valence-corrected chi connectivity index (χ1v) is 7.75. The van der Waals surface area contributed by atoms with Gasteiger partial charge in [0.1, 0.15) is 0 Å². The lowest BCUT2D eigenvalue weighted by molar-refractivity contribution is -0.114. The number of benzene rings is 2. The smallest absolute Gasteiger partial charge is 0.243 e. The fraction of sp³-hybridized carbons (Fsp3) is 0.0714. The van der Waals surface area contributed by atoms with Crippen molar-refractivity contribution in [2.45, 2.75) is 0 Å². The molecule has 0 heterocycles. The van der Waals surface area contributed by atoms with Crippen molar-refractivity contribution in [2.75, 3.05) is 17.2 Å². The maximum absolute atomic E-state index is 11.8. The summed E-state index contributed by atoms with van der Waals surface area (Å²) in [6.45, 7) is 0.150. The zero-order valence-corrected chi connectivity index (χ0v) is 14.2. The minimum absolute atomic E-state index is 0.133. The van der Waals surface area contributed by atoms with Gasteiger partial charge in [0.05, 0.1) is 17.3 Å². The van der Waals surface area contributed by atoms with Crippen LogP contribution in [0.2, 0.25) is 5.02 Å². The van der Waals surface area contributed by atoms with Gasteiger partial charge in [0.15, 0.2) is 0 Å². The number of nitrogens with one attached hydrogen (secondary N) is 2. The molecule has 6 heteroatoms. The average Bonchev–Trinajstić information content (AvgIpc) is 2.40. The Labute approximate surface area is 139 Å². The standard InChI is InChI=1S/C14H11Br2ClN2O/c15-9-1-4-11(5-2-9)19-14(20)8-18-13-6-3-10(16)7-12(13)17/h1-7,18H,8H2,(H,19,20). The summed E-state index contributed by atoms with van der Waals surface area (Å²) in [7, 11) is 0. The van der Waals surface area contributed by atoms with Gasteiger partial charge in [0, 0.05) is 14.6 Å². The van der Waals surface area contributed by atoms with Crippen LogP contribution in [0.1, 0.15) is 0 Å². The lowest BCUT2D eigenvalue weighted by Crippen LogP contribution is -2.21. The Morgan fingerprint density at radius 3 is 2.35 bits per heavy atom. The molecule has 0 aliphatic heterocycles. The van der Waals surface area contributed by atoms with Crippen molar-refractivity contribution in [1.29, 1.82) is 0 Å². The van der Waals surface area contributed by atoms with E-state index in [1.165, 1.54) is 0 Å². The molecule has 0 aliphatic rings. The molecule has 0 bridgehead atoms. The van der Waals surface area contributed by atoms with Gasteiger partial charge in [0.25, 0.3) is 0 Å². The van der Waals surface area contributed by atoms with Crippen LogP contribution in [-0.2, 0) is 4.79 Å². The fourth-order valence-corrected chi connectivity index (χ4v) is 2.55. The van der Waals surface area contributed by atoms with E-state index in [9.17, 15) is 4.79 Å². The van der Waals surface area contributed by atoms with Crippen LogP contribution in [-0.4, -0.2) is 12.5 Å². The minimum Gasteiger partial charge on any atom is -0.375 e. The maximum atomic E-state index is 11.8. The molecule has 20 heavy (non-hydrogen) atoms. The predicted molar refractivity (Wildman–Crippen MR) is 90.4 cm³/mol. The second-order valence-corrected chi connectivity index (χ2v) is 6.27. The van der Waals surface area contributed by atoms with Crippen molar-refractivity contribution in [3.8, 4) is 0 Å². The molecule has 104 valence electrons. The lowest BCUT2D eigenvalue weighted by atomic mass is 10.3. The topological polar surface area (TPSA) is 41.1 Å².